The number of rotatable bonds is 5. The summed E-state index contributed by atoms with van der Waals surface area (Å²) in [6.07, 6.45) is 5.02. The summed E-state index contributed by atoms with van der Waals surface area (Å²) in [5.74, 6) is 2.06. The maximum absolute atomic E-state index is 11.5. The number of aryl methyl sites for hydroxylation is 2. The van der Waals surface area contributed by atoms with Gasteiger partial charge in [-0.1, -0.05) is 6.07 Å². The van der Waals surface area contributed by atoms with E-state index in [0.717, 1.165) is 16.8 Å². The van der Waals surface area contributed by atoms with Gasteiger partial charge in [-0.2, -0.15) is 0 Å². The fraction of sp³-hybridized carbons (Fsp3) is 0.0833. The Kier molecular flexibility index (Phi) is 4.67. The molecule has 0 fully saturated rings. The molecule has 5 rings (SSSR count). The molecule has 0 N–H and O–H groups in total. The number of nitro groups is 1. The van der Waals surface area contributed by atoms with Crippen molar-refractivity contribution in [2.45, 2.75) is 13.8 Å². The summed E-state index contributed by atoms with van der Waals surface area (Å²) in [6, 6.07) is 16.1. The Morgan fingerprint density at radius 1 is 1.06 bits per heavy atom. The molecule has 5 aromatic rings. The fourth-order valence-electron chi connectivity index (χ4n) is 3.53. The van der Waals surface area contributed by atoms with E-state index >= 15 is 0 Å². The number of furan rings is 2. The molecule has 0 aliphatic rings. The number of nitro benzene ring substituents is 1. The molecule has 158 valence electrons. The summed E-state index contributed by atoms with van der Waals surface area (Å²) in [6.45, 7) is 3.76. The van der Waals surface area contributed by atoms with Crippen molar-refractivity contribution in [2.24, 2.45) is 4.99 Å². The SMILES string of the molecule is Cc1cc(-c2ccc(/C=N/c3c(-c4ccco4)nc4ccccn34)o2)c([N+](=O)[O-])cc1C. The number of pyridine rings is 1. The van der Waals surface area contributed by atoms with Crippen LogP contribution in [0.2, 0.25) is 0 Å². The Morgan fingerprint density at radius 2 is 1.91 bits per heavy atom. The third-order valence-corrected chi connectivity index (χ3v) is 5.27. The number of hydrogen-bond donors (Lipinski definition) is 0. The predicted octanol–water partition coefficient (Wildman–Crippen LogP) is 6.13. The molecule has 0 bridgehead atoms. The molecule has 1 aromatic carbocycles. The number of fused-ring (bicyclic) bond motifs is 1. The highest BCUT2D eigenvalue weighted by atomic mass is 16.6. The van der Waals surface area contributed by atoms with Crippen molar-refractivity contribution >= 4 is 23.4 Å². The van der Waals surface area contributed by atoms with Crippen LogP contribution in [0.15, 0.2) is 80.9 Å². The van der Waals surface area contributed by atoms with E-state index in [1.807, 2.05) is 48.7 Å². The van der Waals surface area contributed by atoms with Crippen LogP contribution < -0.4 is 0 Å². The largest absolute Gasteiger partial charge is 0.463 e. The van der Waals surface area contributed by atoms with Gasteiger partial charge in [-0.3, -0.25) is 14.5 Å². The van der Waals surface area contributed by atoms with Crippen LogP contribution >= 0.6 is 0 Å². The monoisotopic (exact) mass is 426 g/mol. The first-order valence-corrected chi connectivity index (χ1v) is 9.92. The average molecular weight is 426 g/mol. The Balaban J connectivity index is 1.55. The maximum Gasteiger partial charge on any atom is 0.280 e. The topological polar surface area (TPSA) is 99.1 Å². The van der Waals surface area contributed by atoms with E-state index in [4.69, 9.17) is 8.83 Å². The normalized spacial score (nSPS) is 11.6. The quantitative estimate of drug-likeness (QED) is 0.191. The van der Waals surface area contributed by atoms with Gasteiger partial charge >= 0.3 is 0 Å². The first kappa shape index (κ1) is 19.5. The predicted molar refractivity (Wildman–Crippen MR) is 120 cm³/mol. The zero-order valence-corrected chi connectivity index (χ0v) is 17.4. The summed E-state index contributed by atoms with van der Waals surface area (Å²) in [5, 5.41) is 11.5. The average Bonchev–Trinajstić information content (AvgIpc) is 3.53. The first-order chi connectivity index (χ1) is 15.5. The van der Waals surface area contributed by atoms with Gasteiger partial charge in [-0.25, -0.2) is 9.98 Å². The summed E-state index contributed by atoms with van der Waals surface area (Å²) < 4.78 is 13.3. The van der Waals surface area contributed by atoms with Crippen molar-refractivity contribution in [3.63, 3.8) is 0 Å². The van der Waals surface area contributed by atoms with Crippen LogP contribution in [-0.2, 0) is 0 Å². The smallest absolute Gasteiger partial charge is 0.280 e. The molecular formula is C24H18N4O4. The Bertz CT molecular complexity index is 1480. The standard InChI is InChI=1S/C24H18N4O4/c1-15-12-18(19(28(29)30)13-16(15)2)20-9-8-17(32-20)14-25-24-23(21-6-5-11-31-21)26-22-7-3-4-10-27(22)24/h3-14H,1-2H3/b25-14+. The molecule has 4 aromatic heterocycles. The number of aromatic nitrogens is 2. The maximum atomic E-state index is 11.5. The van der Waals surface area contributed by atoms with E-state index in [9.17, 15) is 10.1 Å². The lowest BCUT2D eigenvalue weighted by molar-refractivity contribution is -0.384. The lowest BCUT2D eigenvalue weighted by Crippen LogP contribution is -1.94. The van der Waals surface area contributed by atoms with Crippen molar-refractivity contribution in [1.29, 1.82) is 0 Å². The molecule has 0 aliphatic heterocycles. The van der Waals surface area contributed by atoms with Gasteiger partial charge in [0.15, 0.2) is 17.3 Å². The second-order valence-electron chi connectivity index (χ2n) is 7.36. The molecular weight excluding hydrogens is 408 g/mol. The second kappa shape index (κ2) is 7.66. The lowest BCUT2D eigenvalue weighted by Gasteiger charge is -2.04. The van der Waals surface area contributed by atoms with E-state index in [1.165, 1.54) is 0 Å². The number of aliphatic imine (C=N–C) groups is 1. The summed E-state index contributed by atoms with van der Waals surface area (Å²) >= 11 is 0. The minimum Gasteiger partial charge on any atom is -0.463 e. The van der Waals surface area contributed by atoms with Crippen LogP contribution in [0, 0.1) is 24.0 Å². The van der Waals surface area contributed by atoms with Gasteiger partial charge in [0, 0.05) is 12.3 Å². The zero-order valence-electron chi connectivity index (χ0n) is 17.4. The molecule has 0 spiro atoms. The molecule has 0 amide bonds. The minimum atomic E-state index is -0.397. The molecule has 0 aliphatic carbocycles. The molecule has 0 atom stereocenters. The van der Waals surface area contributed by atoms with E-state index in [2.05, 4.69) is 9.98 Å². The molecule has 0 unspecified atom stereocenters. The minimum absolute atomic E-state index is 0.00725. The summed E-state index contributed by atoms with van der Waals surface area (Å²) in [4.78, 5) is 20.4. The molecule has 0 saturated heterocycles. The van der Waals surface area contributed by atoms with Crippen LogP contribution in [0.3, 0.4) is 0 Å². The summed E-state index contributed by atoms with van der Waals surface area (Å²) in [7, 11) is 0. The second-order valence-corrected chi connectivity index (χ2v) is 7.36. The van der Waals surface area contributed by atoms with Crippen LogP contribution in [0.4, 0.5) is 11.5 Å². The number of imidazole rings is 1. The van der Waals surface area contributed by atoms with Gasteiger partial charge in [0.2, 0.25) is 0 Å². The molecule has 0 saturated carbocycles. The third-order valence-electron chi connectivity index (χ3n) is 5.27. The van der Waals surface area contributed by atoms with Gasteiger partial charge in [0.25, 0.3) is 5.69 Å². The van der Waals surface area contributed by atoms with E-state index < -0.39 is 4.92 Å². The Morgan fingerprint density at radius 3 is 2.69 bits per heavy atom. The molecule has 4 heterocycles. The molecule has 8 nitrogen and oxygen atoms in total. The zero-order chi connectivity index (χ0) is 22.2. The van der Waals surface area contributed by atoms with Crippen molar-refractivity contribution < 1.29 is 13.8 Å². The van der Waals surface area contributed by atoms with Crippen molar-refractivity contribution in [1.82, 2.24) is 9.38 Å². The van der Waals surface area contributed by atoms with Crippen molar-refractivity contribution in [3.8, 4) is 22.8 Å². The van der Waals surface area contributed by atoms with Crippen molar-refractivity contribution in [2.75, 3.05) is 0 Å². The van der Waals surface area contributed by atoms with Gasteiger partial charge in [0.1, 0.15) is 17.2 Å². The van der Waals surface area contributed by atoms with Crippen molar-refractivity contribution in [3.05, 3.63) is 94.1 Å². The number of nitrogens with zero attached hydrogens (tertiary/aromatic N) is 4. The lowest BCUT2D eigenvalue weighted by atomic mass is 10.0. The van der Waals surface area contributed by atoms with E-state index in [1.54, 1.807) is 42.8 Å². The van der Waals surface area contributed by atoms with Gasteiger partial charge in [0.05, 0.1) is 23.0 Å². The Hall–Kier alpha value is -4.46. The fourth-order valence-corrected chi connectivity index (χ4v) is 3.53. The van der Waals surface area contributed by atoms with E-state index in [0.29, 0.717) is 34.4 Å². The van der Waals surface area contributed by atoms with Gasteiger partial charge in [-0.15, -0.1) is 0 Å². The number of benzene rings is 1. The Labute approximate surface area is 182 Å². The third kappa shape index (κ3) is 3.37. The van der Waals surface area contributed by atoms with Crippen LogP contribution in [-0.4, -0.2) is 20.5 Å². The number of hydrogen-bond acceptors (Lipinski definition) is 6. The first-order valence-electron chi connectivity index (χ1n) is 9.92. The van der Waals surface area contributed by atoms with Crippen LogP contribution in [0.5, 0.6) is 0 Å². The van der Waals surface area contributed by atoms with Gasteiger partial charge in [-0.05, 0) is 67.4 Å². The molecule has 8 heteroatoms. The highest BCUT2D eigenvalue weighted by Crippen LogP contribution is 2.34. The van der Waals surface area contributed by atoms with Crippen LogP contribution in [0.1, 0.15) is 16.9 Å². The molecule has 0 radical (unpaired) electrons. The van der Waals surface area contributed by atoms with Gasteiger partial charge < -0.3 is 8.83 Å². The summed E-state index contributed by atoms with van der Waals surface area (Å²) in [5.41, 5.74) is 3.58. The van der Waals surface area contributed by atoms with Crippen LogP contribution in [0.25, 0.3) is 28.4 Å². The highest BCUT2D eigenvalue weighted by Gasteiger charge is 2.20. The highest BCUT2D eigenvalue weighted by molar-refractivity contribution is 5.83. The molecule has 32 heavy (non-hydrogen) atoms. The van der Waals surface area contributed by atoms with E-state index in [-0.39, 0.29) is 5.69 Å².